The van der Waals surface area contributed by atoms with Crippen molar-refractivity contribution in [2.24, 2.45) is 13.0 Å². The zero-order valence-corrected chi connectivity index (χ0v) is 10.3. The van der Waals surface area contributed by atoms with E-state index in [-0.39, 0.29) is 11.9 Å². The zero-order valence-electron chi connectivity index (χ0n) is 9.56. The lowest BCUT2D eigenvalue weighted by atomic mass is 10.1. The molecule has 0 radical (unpaired) electrons. The summed E-state index contributed by atoms with van der Waals surface area (Å²) >= 11 is 5.93. The van der Waals surface area contributed by atoms with E-state index in [1.54, 1.807) is 24.0 Å². The minimum absolute atomic E-state index is 0.0370. The zero-order chi connectivity index (χ0) is 11.7. The number of hydrogen-bond donors (Lipinski definition) is 0. The van der Waals surface area contributed by atoms with E-state index in [1.165, 1.54) is 0 Å². The van der Waals surface area contributed by atoms with Crippen molar-refractivity contribution < 1.29 is 4.79 Å². The molecule has 1 aliphatic heterocycles. The first-order valence-corrected chi connectivity index (χ1v) is 6.03. The van der Waals surface area contributed by atoms with Crippen molar-refractivity contribution in [1.82, 2.24) is 14.7 Å². The molecule has 1 aliphatic rings. The van der Waals surface area contributed by atoms with Crippen LogP contribution in [0, 0.1) is 5.92 Å². The van der Waals surface area contributed by atoms with Gasteiger partial charge in [0.1, 0.15) is 5.69 Å². The Bertz CT molecular complexity index is 390. The fraction of sp³-hybridized carbons (Fsp3) is 0.636. The molecule has 1 fully saturated rings. The molecule has 2 atom stereocenters. The lowest BCUT2D eigenvalue weighted by molar-refractivity contribution is 0.0726. The molecule has 1 aromatic rings. The summed E-state index contributed by atoms with van der Waals surface area (Å²) in [6, 6.07) is 1.90. The van der Waals surface area contributed by atoms with Gasteiger partial charge in [0.25, 0.3) is 5.91 Å². The SMILES string of the molecule is CC1CCN(C(=O)c2ccnn2C)C1CCl. The number of hydrogen-bond acceptors (Lipinski definition) is 2. The molecule has 1 amide bonds. The summed E-state index contributed by atoms with van der Waals surface area (Å²) in [6.07, 6.45) is 2.67. The highest BCUT2D eigenvalue weighted by Gasteiger charge is 2.34. The molecular formula is C11H16ClN3O. The Balaban J connectivity index is 2.20. The standard InChI is InChI=1S/C11H16ClN3O/c1-8-4-6-15(10(8)7-12)11(16)9-3-5-13-14(9)2/h3,5,8,10H,4,6-7H2,1-2H3. The third-order valence-electron chi connectivity index (χ3n) is 3.34. The molecular weight excluding hydrogens is 226 g/mol. The van der Waals surface area contributed by atoms with Crippen molar-refractivity contribution >= 4 is 17.5 Å². The average Bonchev–Trinajstić information content (AvgIpc) is 2.83. The van der Waals surface area contributed by atoms with Crippen LogP contribution < -0.4 is 0 Å². The van der Waals surface area contributed by atoms with Gasteiger partial charge in [-0.1, -0.05) is 6.92 Å². The van der Waals surface area contributed by atoms with E-state index in [9.17, 15) is 4.79 Å². The number of amides is 1. The normalized spacial score (nSPS) is 25.1. The maximum Gasteiger partial charge on any atom is 0.272 e. The van der Waals surface area contributed by atoms with Gasteiger partial charge in [-0.05, 0) is 18.4 Å². The van der Waals surface area contributed by atoms with Gasteiger partial charge in [0.2, 0.25) is 0 Å². The van der Waals surface area contributed by atoms with Crippen molar-refractivity contribution in [3.63, 3.8) is 0 Å². The Morgan fingerprint density at radius 3 is 3.00 bits per heavy atom. The molecule has 0 spiro atoms. The third-order valence-corrected chi connectivity index (χ3v) is 3.66. The van der Waals surface area contributed by atoms with Gasteiger partial charge >= 0.3 is 0 Å². The number of halogens is 1. The van der Waals surface area contributed by atoms with Crippen molar-refractivity contribution in [3.05, 3.63) is 18.0 Å². The molecule has 0 bridgehead atoms. The summed E-state index contributed by atoms with van der Waals surface area (Å²) in [6.45, 7) is 2.94. The molecule has 2 rings (SSSR count). The minimum atomic E-state index is 0.0370. The summed E-state index contributed by atoms with van der Waals surface area (Å²) in [7, 11) is 1.78. The van der Waals surface area contributed by atoms with Crippen LogP contribution in [0.5, 0.6) is 0 Å². The summed E-state index contributed by atoms with van der Waals surface area (Å²) in [5, 5.41) is 4.02. The molecule has 0 aliphatic carbocycles. The van der Waals surface area contributed by atoms with Gasteiger partial charge in [-0.2, -0.15) is 5.10 Å². The predicted octanol–water partition coefficient (Wildman–Crippen LogP) is 1.51. The molecule has 88 valence electrons. The number of aromatic nitrogens is 2. The molecule has 0 saturated carbocycles. The van der Waals surface area contributed by atoms with Crippen molar-refractivity contribution in [2.75, 3.05) is 12.4 Å². The lowest BCUT2D eigenvalue weighted by Gasteiger charge is -2.24. The second-order valence-corrected chi connectivity index (χ2v) is 4.63. The highest BCUT2D eigenvalue weighted by Crippen LogP contribution is 2.26. The monoisotopic (exact) mass is 241 g/mol. The largest absolute Gasteiger partial charge is 0.333 e. The lowest BCUT2D eigenvalue weighted by Crippen LogP contribution is -2.39. The maximum atomic E-state index is 12.3. The fourth-order valence-electron chi connectivity index (χ4n) is 2.23. The van der Waals surface area contributed by atoms with Gasteiger partial charge in [-0.3, -0.25) is 9.48 Å². The molecule has 5 heteroatoms. The van der Waals surface area contributed by atoms with Gasteiger partial charge in [0.05, 0.1) is 0 Å². The fourth-order valence-corrected chi connectivity index (χ4v) is 2.70. The van der Waals surface area contributed by atoms with Crippen molar-refractivity contribution in [1.29, 1.82) is 0 Å². The van der Waals surface area contributed by atoms with Crippen LogP contribution in [0.25, 0.3) is 0 Å². The molecule has 16 heavy (non-hydrogen) atoms. The Hall–Kier alpha value is -1.03. The Kier molecular flexibility index (Phi) is 3.19. The average molecular weight is 242 g/mol. The minimum Gasteiger partial charge on any atom is -0.333 e. The molecule has 2 heterocycles. The number of aryl methyl sites for hydroxylation is 1. The molecule has 2 unspecified atom stereocenters. The number of alkyl halides is 1. The quantitative estimate of drug-likeness (QED) is 0.737. The predicted molar refractivity (Wildman–Crippen MR) is 62.5 cm³/mol. The summed E-state index contributed by atoms with van der Waals surface area (Å²) < 4.78 is 1.61. The first kappa shape index (κ1) is 11.5. The second kappa shape index (κ2) is 4.45. The highest BCUT2D eigenvalue weighted by molar-refractivity contribution is 6.18. The van der Waals surface area contributed by atoms with Crippen LogP contribution in [0.3, 0.4) is 0 Å². The van der Waals surface area contributed by atoms with E-state index in [0.717, 1.165) is 13.0 Å². The van der Waals surface area contributed by atoms with Gasteiger partial charge < -0.3 is 4.90 Å². The van der Waals surface area contributed by atoms with Crippen LogP contribution in [0.2, 0.25) is 0 Å². The van der Waals surface area contributed by atoms with Gasteiger partial charge in [0, 0.05) is 31.7 Å². The van der Waals surface area contributed by atoms with E-state index in [2.05, 4.69) is 12.0 Å². The summed E-state index contributed by atoms with van der Waals surface area (Å²) in [5.74, 6) is 1.02. The van der Waals surface area contributed by atoms with Crippen LogP contribution in [0.4, 0.5) is 0 Å². The molecule has 1 aromatic heterocycles. The van der Waals surface area contributed by atoms with Gasteiger partial charge in [-0.15, -0.1) is 11.6 Å². The number of rotatable bonds is 2. The van der Waals surface area contributed by atoms with Crippen LogP contribution in [0.1, 0.15) is 23.8 Å². The molecule has 0 N–H and O–H groups in total. The van der Waals surface area contributed by atoms with E-state index < -0.39 is 0 Å². The first-order chi connectivity index (χ1) is 7.65. The van der Waals surface area contributed by atoms with Crippen molar-refractivity contribution in [3.8, 4) is 0 Å². The Labute approximate surface area is 100 Å². The third kappa shape index (κ3) is 1.82. The van der Waals surface area contributed by atoms with Crippen LogP contribution in [0.15, 0.2) is 12.3 Å². The Morgan fingerprint density at radius 2 is 2.44 bits per heavy atom. The highest BCUT2D eigenvalue weighted by atomic mass is 35.5. The number of carbonyl (C=O) groups excluding carboxylic acids is 1. The molecule has 4 nitrogen and oxygen atoms in total. The topological polar surface area (TPSA) is 38.1 Å². The number of nitrogens with zero attached hydrogens (tertiary/aromatic N) is 3. The Morgan fingerprint density at radius 1 is 1.69 bits per heavy atom. The first-order valence-electron chi connectivity index (χ1n) is 5.50. The van der Waals surface area contributed by atoms with Crippen LogP contribution >= 0.6 is 11.6 Å². The van der Waals surface area contributed by atoms with Crippen LogP contribution in [-0.2, 0) is 7.05 Å². The van der Waals surface area contributed by atoms with Crippen LogP contribution in [-0.4, -0.2) is 39.1 Å². The van der Waals surface area contributed by atoms with E-state index in [4.69, 9.17) is 11.6 Å². The molecule has 1 saturated heterocycles. The smallest absolute Gasteiger partial charge is 0.272 e. The summed E-state index contributed by atoms with van der Waals surface area (Å²) in [5.41, 5.74) is 0.629. The van der Waals surface area contributed by atoms with E-state index in [0.29, 0.717) is 17.5 Å². The number of likely N-dealkylation sites (tertiary alicyclic amines) is 1. The van der Waals surface area contributed by atoms with E-state index >= 15 is 0 Å². The van der Waals surface area contributed by atoms with Crippen molar-refractivity contribution in [2.45, 2.75) is 19.4 Å². The molecule has 0 aromatic carbocycles. The van der Waals surface area contributed by atoms with Gasteiger partial charge in [0.15, 0.2) is 0 Å². The van der Waals surface area contributed by atoms with E-state index in [1.807, 2.05) is 4.90 Å². The van der Waals surface area contributed by atoms with Gasteiger partial charge in [-0.25, -0.2) is 0 Å². The number of carbonyl (C=O) groups is 1. The second-order valence-electron chi connectivity index (χ2n) is 4.33. The maximum absolute atomic E-state index is 12.3. The summed E-state index contributed by atoms with van der Waals surface area (Å²) in [4.78, 5) is 14.1.